The molecule has 34 heavy (non-hydrogen) atoms. The molecular weight excluding hydrogens is 454 g/mol. The van der Waals surface area contributed by atoms with E-state index >= 15 is 0 Å². The number of aryl methyl sites for hydroxylation is 1. The van der Waals surface area contributed by atoms with Crippen LogP contribution in [0.5, 0.6) is 5.75 Å². The Balaban J connectivity index is 1.50. The van der Waals surface area contributed by atoms with Gasteiger partial charge in [0.2, 0.25) is 5.91 Å². The highest BCUT2D eigenvalue weighted by molar-refractivity contribution is 6.32. The molecule has 2 N–H and O–H groups in total. The predicted octanol–water partition coefficient (Wildman–Crippen LogP) is 4.07. The van der Waals surface area contributed by atoms with Crippen molar-refractivity contribution in [1.82, 2.24) is 20.0 Å². The maximum atomic E-state index is 13.1. The van der Waals surface area contributed by atoms with Crippen molar-refractivity contribution in [1.29, 1.82) is 0 Å². The summed E-state index contributed by atoms with van der Waals surface area (Å²) in [6, 6.07) is 9.38. The monoisotopic (exact) mass is 483 g/mol. The van der Waals surface area contributed by atoms with Crippen LogP contribution in [0.1, 0.15) is 42.1 Å². The van der Waals surface area contributed by atoms with Crippen LogP contribution in [0.2, 0.25) is 5.02 Å². The van der Waals surface area contributed by atoms with Crippen LogP contribution in [0.3, 0.4) is 0 Å². The average molecular weight is 484 g/mol. The molecule has 4 rings (SSSR count). The number of likely N-dealkylation sites (tertiary alicyclic amines) is 1. The summed E-state index contributed by atoms with van der Waals surface area (Å²) < 4.78 is 7.14. The van der Waals surface area contributed by atoms with Gasteiger partial charge in [0.25, 0.3) is 5.91 Å². The molecule has 180 valence electrons. The van der Waals surface area contributed by atoms with Gasteiger partial charge in [0.05, 0.1) is 35.1 Å². The Morgan fingerprint density at radius 3 is 2.82 bits per heavy atom. The molecule has 0 spiro atoms. The highest BCUT2D eigenvalue weighted by Crippen LogP contribution is 2.30. The summed E-state index contributed by atoms with van der Waals surface area (Å²) >= 11 is 6.28. The summed E-state index contributed by atoms with van der Waals surface area (Å²) in [6.07, 6.45) is 4.07. The number of hydrogen-bond donors (Lipinski definition) is 2. The fourth-order valence-electron chi connectivity index (χ4n) is 4.30. The molecule has 0 saturated carbocycles. The first-order valence-corrected chi connectivity index (χ1v) is 12.0. The van der Waals surface area contributed by atoms with E-state index in [9.17, 15) is 9.59 Å². The molecule has 1 aromatic heterocycles. The third kappa shape index (κ3) is 5.12. The van der Waals surface area contributed by atoms with E-state index in [0.717, 1.165) is 48.1 Å². The van der Waals surface area contributed by atoms with Gasteiger partial charge in [-0.15, -0.1) is 0 Å². The lowest BCUT2D eigenvalue weighted by Gasteiger charge is -2.17. The number of hydrogen-bond acceptors (Lipinski definition) is 5. The molecule has 1 saturated heterocycles. The number of fused-ring (bicyclic) bond motifs is 1. The number of aromatic nitrogens is 2. The number of carbonyl (C=O) groups excluding carboxylic acids is 2. The smallest absolute Gasteiger partial charge is 0.253 e. The van der Waals surface area contributed by atoms with E-state index in [1.807, 2.05) is 46.8 Å². The maximum Gasteiger partial charge on any atom is 0.253 e. The van der Waals surface area contributed by atoms with Crippen molar-refractivity contribution in [3.63, 3.8) is 0 Å². The van der Waals surface area contributed by atoms with Gasteiger partial charge in [-0.25, -0.2) is 0 Å². The van der Waals surface area contributed by atoms with E-state index in [4.69, 9.17) is 16.3 Å². The summed E-state index contributed by atoms with van der Waals surface area (Å²) in [4.78, 5) is 26.7. The normalized spacial score (nSPS) is 13.5. The van der Waals surface area contributed by atoms with E-state index in [1.54, 1.807) is 13.3 Å². The minimum atomic E-state index is -0.158. The zero-order chi connectivity index (χ0) is 24.1. The number of halogens is 1. The Kier molecular flexibility index (Phi) is 7.57. The van der Waals surface area contributed by atoms with E-state index in [-0.39, 0.29) is 11.8 Å². The molecule has 2 aromatic carbocycles. The molecule has 0 bridgehead atoms. The molecular formula is C25H30ClN5O3. The predicted molar refractivity (Wildman–Crippen MR) is 134 cm³/mol. The van der Waals surface area contributed by atoms with Crippen LogP contribution in [0, 0.1) is 0 Å². The average Bonchev–Trinajstić information content (AvgIpc) is 3.45. The third-order valence-corrected chi connectivity index (χ3v) is 6.41. The maximum absolute atomic E-state index is 13.1. The van der Waals surface area contributed by atoms with Crippen LogP contribution in [-0.4, -0.2) is 53.2 Å². The Morgan fingerprint density at radius 2 is 2.12 bits per heavy atom. The molecule has 2 amide bonds. The van der Waals surface area contributed by atoms with Crippen LogP contribution in [-0.2, 0) is 17.9 Å². The molecule has 0 radical (unpaired) electrons. The number of ether oxygens (including phenoxy) is 1. The standard InChI is InChI=1S/C25H30ClN5O3/c1-3-31-21-9-8-18(25(33)27-11-5-13-30-12-4-6-23(30)32)24(19(21)16-29-31)28-15-17-7-10-22(34-2)20(26)14-17/h7-10,14,16,28H,3-6,11-13,15H2,1-2H3,(H,27,33). The van der Waals surface area contributed by atoms with Crippen LogP contribution >= 0.6 is 11.6 Å². The largest absolute Gasteiger partial charge is 0.495 e. The summed E-state index contributed by atoms with van der Waals surface area (Å²) in [7, 11) is 1.58. The summed E-state index contributed by atoms with van der Waals surface area (Å²) in [5.74, 6) is 0.663. The summed E-state index contributed by atoms with van der Waals surface area (Å²) in [5, 5.41) is 12.3. The van der Waals surface area contributed by atoms with Gasteiger partial charge in [-0.3, -0.25) is 14.3 Å². The molecule has 1 fully saturated rings. The van der Waals surface area contributed by atoms with Crippen molar-refractivity contribution in [2.45, 2.75) is 39.3 Å². The first-order valence-electron chi connectivity index (χ1n) is 11.6. The lowest BCUT2D eigenvalue weighted by atomic mass is 10.1. The molecule has 2 heterocycles. The molecule has 3 aromatic rings. The molecule has 1 aliphatic rings. The van der Waals surface area contributed by atoms with E-state index in [1.165, 1.54) is 0 Å². The lowest BCUT2D eigenvalue weighted by Crippen LogP contribution is -2.31. The van der Waals surface area contributed by atoms with Gasteiger partial charge >= 0.3 is 0 Å². The van der Waals surface area contributed by atoms with E-state index in [2.05, 4.69) is 15.7 Å². The zero-order valence-corrected chi connectivity index (χ0v) is 20.3. The van der Waals surface area contributed by atoms with Crippen molar-refractivity contribution in [3.05, 3.63) is 52.7 Å². The fourth-order valence-corrected chi connectivity index (χ4v) is 4.58. The second kappa shape index (κ2) is 10.8. The van der Waals surface area contributed by atoms with Crippen LogP contribution < -0.4 is 15.4 Å². The summed E-state index contributed by atoms with van der Waals surface area (Å²) in [6.45, 7) is 5.24. The van der Waals surface area contributed by atoms with Crippen LogP contribution in [0.4, 0.5) is 5.69 Å². The zero-order valence-electron chi connectivity index (χ0n) is 19.6. The summed E-state index contributed by atoms with van der Waals surface area (Å²) in [5.41, 5.74) is 3.21. The number of rotatable bonds is 10. The topological polar surface area (TPSA) is 88.5 Å². The third-order valence-electron chi connectivity index (χ3n) is 6.12. The van der Waals surface area contributed by atoms with Gasteiger partial charge in [0, 0.05) is 44.5 Å². The number of amides is 2. The Bertz CT molecular complexity index is 1190. The molecule has 0 aliphatic carbocycles. The second-order valence-corrected chi connectivity index (χ2v) is 8.70. The van der Waals surface area contributed by atoms with Gasteiger partial charge in [-0.1, -0.05) is 17.7 Å². The number of nitrogens with one attached hydrogen (secondary N) is 2. The van der Waals surface area contributed by atoms with Gasteiger partial charge in [-0.05, 0) is 49.6 Å². The SMILES string of the molecule is CCn1ncc2c(NCc3ccc(OC)c(Cl)c3)c(C(=O)NCCCN3CCCC3=O)ccc21. The Labute approximate surface area is 204 Å². The van der Waals surface area contributed by atoms with E-state index in [0.29, 0.717) is 42.4 Å². The lowest BCUT2D eigenvalue weighted by molar-refractivity contribution is -0.127. The highest BCUT2D eigenvalue weighted by Gasteiger charge is 2.20. The first-order chi connectivity index (χ1) is 16.5. The Morgan fingerprint density at radius 1 is 1.26 bits per heavy atom. The van der Waals surface area contributed by atoms with Crippen LogP contribution in [0.15, 0.2) is 36.5 Å². The van der Waals surface area contributed by atoms with Gasteiger partial charge < -0.3 is 20.3 Å². The quantitative estimate of drug-likeness (QED) is 0.424. The first kappa shape index (κ1) is 23.9. The Hall–Kier alpha value is -3.26. The minimum absolute atomic E-state index is 0.158. The molecule has 1 aliphatic heterocycles. The molecule has 9 heteroatoms. The number of nitrogens with zero attached hydrogens (tertiary/aromatic N) is 3. The van der Waals surface area contributed by atoms with Gasteiger partial charge in [-0.2, -0.15) is 5.10 Å². The van der Waals surface area contributed by atoms with Gasteiger partial charge in [0.1, 0.15) is 5.75 Å². The van der Waals surface area contributed by atoms with Crippen LogP contribution in [0.25, 0.3) is 10.9 Å². The van der Waals surface area contributed by atoms with Crippen molar-refractivity contribution < 1.29 is 14.3 Å². The molecule has 0 atom stereocenters. The highest BCUT2D eigenvalue weighted by atomic mass is 35.5. The number of methoxy groups -OCH3 is 1. The molecule has 0 unspecified atom stereocenters. The van der Waals surface area contributed by atoms with E-state index < -0.39 is 0 Å². The van der Waals surface area contributed by atoms with Crippen molar-refractivity contribution in [2.24, 2.45) is 0 Å². The molecule has 8 nitrogen and oxygen atoms in total. The number of carbonyl (C=O) groups is 2. The minimum Gasteiger partial charge on any atom is -0.495 e. The number of benzene rings is 2. The van der Waals surface area contributed by atoms with Crippen molar-refractivity contribution >= 4 is 40.0 Å². The van der Waals surface area contributed by atoms with Crippen molar-refractivity contribution in [2.75, 3.05) is 32.1 Å². The number of anilines is 1. The van der Waals surface area contributed by atoms with Gasteiger partial charge in [0.15, 0.2) is 0 Å². The van der Waals surface area contributed by atoms with Crippen molar-refractivity contribution in [3.8, 4) is 5.75 Å². The fraction of sp³-hybridized carbons (Fsp3) is 0.400. The second-order valence-electron chi connectivity index (χ2n) is 8.30.